The van der Waals surface area contributed by atoms with Crippen molar-refractivity contribution < 1.29 is 19.3 Å². The maximum atomic E-state index is 13.6. The van der Waals surface area contributed by atoms with Crippen molar-refractivity contribution >= 4 is 0 Å². The van der Waals surface area contributed by atoms with Crippen LogP contribution in [0.1, 0.15) is 66.7 Å². The second-order valence-electron chi connectivity index (χ2n) is 11.1. The van der Waals surface area contributed by atoms with Crippen LogP contribution in [0.25, 0.3) is 0 Å². The van der Waals surface area contributed by atoms with E-state index in [1.165, 1.54) is 4.57 Å². The molecule has 0 saturated heterocycles. The molecule has 0 radical (unpaired) electrons. The molecule has 0 spiro atoms. The van der Waals surface area contributed by atoms with Crippen LogP contribution in [0.3, 0.4) is 0 Å². The molecule has 1 N–H and O–H groups in total. The first-order valence-electron chi connectivity index (χ1n) is 14.3. The average molecular weight is 565 g/mol. The summed E-state index contributed by atoms with van der Waals surface area (Å²) in [4.78, 5) is 13.6. The Morgan fingerprint density at radius 1 is 0.976 bits per heavy atom. The van der Waals surface area contributed by atoms with Gasteiger partial charge in [0, 0.05) is 24.4 Å². The smallest absolute Gasteiger partial charge is 0.251 e. The van der Waals surface area contributed by atoms with E-state index in [1.807, 2.05) is 66.7 Å². The first-order valence-corrected chi connectivity index (χ1v) is 14.3. The number of pyridine rings is 1. The maximum Gasteiger partial charge on any atom is 0.251 e. The summed E-state index contributed by atoms with van der Waals surface area (Å²) in [7, 11) is 0. The van der Waals surface area contributed by atoms with Crippen molar-refractivity contribution in [3.8, 4) is 11.8 Å². The fourth-order valence-electron chi connectivity index (χ4n) is 5.33. The number of aliphatic hydroxyl groups excluding tert-OH is 1. The molecule has 5 rings (SSSR count). The lowest BCUT2D eigenvalue weighted by Gasteiger charge is -2.42. The molecule has 7 heteroatoms. The van der Waals surface area contributed by atoms with Crippen molar-refractivity contribution in [3.63, 3.8) is 0 Å². The van der Waals surface area contributed by atoms with Crippen LogP contribution in [-0.2, 0) is 22.7 Å². The molecule has 0 fully saturated rings. The van der Waals surface area contributed by atoms with Gasteiger partial charge < -0.3 is 23.9 Å². The summed E-state index contributed by atoms with van der Waals surface area (Å²) in [5.41, 5.74) is 2.77. The van der Waals surface area contributed by atoms with E-state index >= 15 is 0 Å². The lowest BCUT2D eigenvalue weighted by atomic mass is 9.85. The number of ether oxygens (including phenoxy) is 3. The number of aromatic nitrogens is 1. The molecule has 0 aliphatic carbocycles. The van der Waals surface area contributed by atoms with Crippen LogP contribution in [0.5, 0.6) is 5.75 Å². The van der Waals surface area contributed by atoms with Crippen molar-refractivity contribution in [2.75, 3.05) is 6.61 Å². The van der Waals surface area contributed by atoms with Gasteiger partial charge in [-0.15, -0.1) is 0 Å². The van der Waals surface area contributed by atoms with Gasteiger partial charge in [-0.25, -0.2) is 0 Å². The Balaban J connectivity index is 1.37. The van der Waals surface area contributed by atoms with E-state index in [-0.39, 0.29) is 11.7 Å². The van der Waals surface area contributed by atoms with Crippen LogP contribution in [0.2, 0.25) is 0 Å². The first kappa shape index (κ1) is 29.3. The summed E-state index contributed by atoms with van der Waals surface area (Å²) >= 11 is 0. The number of nitrogens with zero attached hydrogens (tertiary/aromatic N) is 2. The third-order valence-corrected chi connectivity index (χ3v) is 7.65. The highest BCUT2D eigenvalue weighted by Gasteiger charge is 2.44. The van der Waals surface area contributed by atoms with Crippen LogP contribution in [0.15, 0.2) is 102 Å². The summed E-state index contributed by atoms with van der Waals surface area (Å²) in [6.45, 7) is 5.11. The van der Waals surface area contributed by atoms with Gasteiger partial charge >= 0.3 is 0 Å². The fourth-order valence-corrected chi connectivity index (χ4v) is 5.33. The Morgan fingerprint density at radius 2 is 1.67 bits per heavy atom. The predicted molar refractivity (Wildman–Crippen MR) is 160 cm³/mol. The van der Waals surface area contributed by atoms with Gasteiger partial charge in [-0.3, -0.25) is 4.79 Å². The number of hydrogen-bond donors (Lipinski definition) is 1. The molecule has 3 atom stereocenters. The molecule has 4 aromatic rings. The van der Waals surface area contributed by atoms with Gasteiger partial charge in [0.25, 0.3) is 5.56 Å². The highest BCUT2D eigenvalue weighted by atomic mass is 16.5. The van der Waals surface area contributed by atoms with E-state index in [4.69, 9.17) is 14.2 Å². The summed E-state index contributed by atoms with van der Waals surface area (Å²) in [6.07, 6.45) is 1.80. The van der Waals surface area contributed by atoms with Gasteiger partial charge in [-0.05, 0) is 67.6 Å². The molecular formula is C35H36N2O5. The van der Waals surface area contributed by atoms with Gasteiger partial charge in [-0.1, -0.05) is 60.7 Å². The van der Waals surface area contributed by atoms with E-state index in [0.29, 0.717) is 43.1 Å². The molecule has 3 unspecified atom stereocenters. The Bertz CT molecular complexity index is 1580. The number of nitriles is 1. The molecule has 7 nitrogen and oxygen atoms in total. The van der Waals surface area contributed by atoms with Gasteiger partial charge in [0.15, 0.2) is 0 Å². The largest absolute Gasteiger partial charge is 0.485 e. The maximum absolute atomic E-state index is 13.6. The average Bonchev–Trinajstić information content (AvgIpc) is 3.00. The highest BCUT2D eigenvalue weighted by molar-refractivity contribution is 5.47. The van der Waals surface area contributed by atoms with Crippen LogP contribution in [-0.4, -0.2) is 28.0 Å². The summed E-state index contributed by atoms with van der Waals surface area (Å²) in [5.74, 6) is 0.546. The second-order valence-corrected chi connectivity index (χ2v) is 11.1. The fraction of sp³-hybridized carbons (Fsp3) is 0.314. The van der Waals surface area contributed by atoms with Crippen molar-refractivity contribution in [2.24, 2.45) is 0 Å². The summed E-state index contributed by atoms with van der Waals surface area (Å²) in [6, 6.07) is 30.0. The van der Waals surface area contributed by atoms with Gasteiger partial charge in [-0.2, -0.15) is 5.26 Å². The van der Waals surface area contributed by atoms with Crippen LogP contribution in [0, 0.1) is 11.3 Å². The molecule has 1 aliphatic rings. The quantitative estimate of drug-likeness (QED) is 0.221. The number of hydrogen-bond acceptors (Lipinski definition) is 6. The minimum atomic E-state index is -1.02. The molecule has 1 aliphatic heterocycles. The van der Waals surface area contributed by atoms with E-state index in [1.54, 1.807) is 44.3 Å². The highest BCUT2D eigenvalue weighted by Crippen LogP contribution is 2.42. The van der Waals surface area contributed by atoms with E-state index < -0.39 is 17.7 Å². The van der Waals surface area contributed by atoms with E-state index in [2.05, 4.69) is 6.07 Å². The predicted octanol–water partition coefficient (Wildman–Crippen LogP) is 6.10. The molecule has 2 heterocycles. The molecule has 42 heavy (non-hydrogen) atoms. The number of aliphatic hydroxyl groups is 1. The number of fused-ring (bicyclic) bond motifs is 1. The number of rotatable bonds is 11. The van der Waals surface area contributed by atoms with Crippen molar-refractivity contribution in [2.45, 2.75) is 63.8 Å². The lowest BCUT2D eigenvalue weighted by Crippen LogP contribution is -2.52. The normalized spacial score (nSPS) is 18.0. The van der Waals surface area contributed by atoms with E-state index in [0.717, 1.165) is 23.1 Å². The van der Waals surface area contributed by atoms with Crippen LogP contribution >= 0.6 is 0 Å². The molecule has 0 saturated carbocycles. The third kappa shape index (κ3) is 6.80. The topological polar surface area (TPSA) is 93.7 Å². The SMILES string of the molecule is CC1(C)Oc2ccc(C#N)cc2C(n2ccc(C(CCCOCc3ccccc3)OCc3ccccc3)cc2=O)C1O. The van der Waals surface area contributed by atoms with Gasteiger partial charge in [0.05, 0.1) is 37.0 Å². The molecular weight excluding hydrogens is 528 g/mol. The number of benzene rings is 3. The summed E-state index contributed by atoms with van der Waals surface area (Å²) in [5, 5.41) is 20.8. The lowest BCUT2D eigenvalue weighted by molar-refractivity contribution is -0.0643. The molecule has 216 valence electrons. The molecule has 3 aromatic carbocycles. The molecule has 0 bridgehead atoms. The zero-order valence-electron chi connectivity index (χ0n) is 24.0. The first-order chi connectivity index (χ1) is 20.4. The Labute approximate surface area is 246 Å². The Hall–Kier alpha value is -4.22. The minimum Gasteiger partial charge on any atom is -0.485 e. The van der Waals surface area contributed by atoms with E-state index in [9.17, 15) is 15.2 Å². The monoisotopic (exact) mass is 564 g/mol. The van der Waals surface area contributed by atoms with Crippen molar-refractivity contribution in [1.29, 1.82) is 5.26 Å². The zero-order valence-corrected chi connectivity index (χ0v) is 24.0. The van der Waals surface area contributed by atoms with Gasteiger partial charge in [0.2, 0.25) is 0 Å². The third-order valence-electron chi connectivity index (χ3n) is 7.65. The van der Waals surface area contributed by atoms with Gasteiger partial charge in [0.1, 0.15) is 17.5 Å². The van der Waals surface area contributed by atoms with Crippen molar-refractivity contribution in [1.82, 2.24) is 4.57 Å². The standard InChI is InChI=1S/C35H36N2O5/c1-35(2)34(39)33(29-20-27(22-36)15-16-31(29)42-35)37-18-17-28(21-32(37)38)30(41-24-26-12-7-4-8-13-26)14-9-19-40-23-25-10-5-3-6-11-25/h3-8,10-13,15-18,20-21,30,33-34,39H,9,14,19,23-24H2,1-2H3. The Kier molecular flexibility index (Phi) is 9.19. The van der Waals surface area contributed by atoms with Crippen LogP contribution in [0.4, 0.5) is 0 Å². The van der Waals surface area contributed by atoms with Crippen LogP contribution < -0.4 is 10.3 Å². The zero-order chi connectivity index (χ0) is 29.5. The summed E-state index contributed by atoms with van der Waals surface area (Å²) < 4.78 is 19.8. The second kappa shape index (κ2) is 13.2. The minimum absolute atomic E-state index is 0.267. The Morgan fingerprint density at radius 3 is 2.33 bits per heavy atom. The molecule has 0 amide bonds. The van der Waals surface area contributed by atoms with Crippen molar-refractivity contribution in [3.05, 3.63) is 135 Å². The molecule has 1 aromatic heterocycles.